The lowest BCUT2D eigenvalue weighted by atomic mass is 9.81. The second-order valence-electron chi connectivity index (χ2n) is 6.51. The second kappa shape index (κ2) is 11.5. The van der Waals surface area contributed by atoms with E-state index in [-0.39, 0.29) is 31.5 Å². The van der Waals surface area contributed by atoms with Crippen LogP contribution in [0.25, 0.3) is 0 Å². The van der Waals surface area contributed by atoms with Crippen LogP contribution >= 0.6 is 0 Å². The smallest absolute Gasteiger partial charge is 0.335 e. The number of esters is 4. The molecule has 0 spiro atoms. The van der Waals surface area contributed by atoms with Gasteiger partial charge in [0, 0.05) is 12.0 Å². The highest BCUT2D eigenvalue weighted by molar-refractivity contribution is 6.18. The van der Waals surface area contributed by atoms with Crippen molar-refractivity contribution in [2.75, 3.05) is 19.8 Å². The summed E-state index contributed by atoms with van der Waals surface area (Å²) in [5.74, 6) is -4.18. The minimum Gasteiger partial charge on any atom is -0.465 e. The van der Waals surface area contributed by atoms with Crippen LogP contribution in [-0.2, 0) is 38.1 Å². The Morgan fingerprint density at radius 2 is 1.25 bits per heavy atom. The molecular weight excluding hydrogens is 368 g/mol. The van der Waals surface area contributed by atoms with Crippen LogP contribution < -0.4 is 0 Å². The van der Waals surface area contributed by atoms with Gasteiger partial charge < -0.3 is 18.9 Å². The molecule has 0 bridgehead atoms. The molecule has 1 aliphatic rings. The van der Waals surface area contributed by atoms with Gasteiger partial charge in [0.1, 0.15) is 6.10 Å². The Morgan fingerprint density at radius 3 is 1.64 bits per heavy atom. The third-order valence-corrected chi connectivity index (χ3v) is 4.46. The third kappa shape index (κ3) is 5.81. The minimum absolute atomic E-state index is 0.0710. The number of ether oxygens (including phenoxy) is 4. The average Bonchev–Trinajstić information content (AvgIpc) is 2.67. The van der Waals surface area contributed by atoms with E-state index in [1.807, 2.05) is 0 Å². The lowest BCUT2D eigenvalue weighted by Crippen LogP contribution is -2.50. The Hall–Kier alpha value is -2.38. The summed E-state index contributed by atoms with van der Waals surface area (Å²) < 4.78 is 20.2. The van der Waals surface area contributed by atoms with Gasteiger partial charge in [0.2, 0.25) is 0 Å². The molecule has 8 heteroatoms. The zero-order chi connectivity index (χ0) is 21.2. The summed E-state index contributed by atoms with van der Waals surface area (Å²) in [6.45, 7) is 8.02. The van der Waals surface area contributed by atoms with Crippen LogP contribution in [-0.4, -0.2) is 49.8 Å². The van der Waals surface area contributed by atoms with Gasteiger partial charge in [-0.2, -0.15) is 0 Å². The minimum atomic E-state index is -2.45. The summed E-state index contributed by atoms with van der Waals surface area (Å²) in [5.41, 5.74) is -2.65. The predicted octanol–water partition coefficient (Wildman–Crippen LogP) is 2.48. The van der Waals surface area contributed by atoms with Crippen LogP contribution in [0.4, 0.5) is 0 Å². The van der Waals surface area contributed by atoms with Crippen molar-refractivity contribution in [3.05, 3.63) is 12.2 Å². The first kappa shape index (κ1) is 23.7. The normalized spacial score (nSPS) is 14.7. The zero-order valence-corrected chi connectivity index (χ0v) is 16.9. The Balaban J connectivity index is 3.11. The zero-order valence-electron chi connectivity index (χ0n) is 16.9. The number of carbonyl (C=O) groups is 4. The molecule has 0 amide bonds. The molecule has 1 aliphatic carbocycles. The van der Waals surface area contributed by atoms with Gasteiger partial charge in [-0.15, -0.1) is 0 Å². The predicted molar refractivity (Wildman–Crippen MR) is 99.1 cm³/mol. The van der Waals surface area contributed by atoms with Crippen molar-refractivity contribution < 1.29 is 38.1 Å². The molecule has 0 unspecified atom stereocenters. The second-order valence-corrected chi connectivity index (χ2v) is 6.51. The van der Waals surface area contributed by atoms with E-state index in [1.54, 1.807) is 0 Å². The lowest BCUT2D eigenvalue weighted by molar-refractivity contribution is -0.183. The van der Waals surface area contributed by atoms with E-state index in [2.05, 4.69) is 6.58 Å². The molecule has 0 aromatic heterocycles. The van der Waals surface area contributed by atoms with E-state index >= 15 is 0 Å². The number of rotatable bonds is 10. The maximum absolute atomic E-state index is 12.6. The van der Waals surface area contributed by atoms with E-state index in [0.29, 0.717) is 0 Å². The fourth-order valence-electron chi connectivity index (χ4n) is 3.04. The molecule has 0 aromatic carbocycles. The largest absolute Gasteiger partial charge is 0.465 e. The molecule has 0 heterocycles. The van der Waals surface area contributed by atoms with Crippen LogP contribution in [0.5, 0.6) is 0 Å². The van der Waals surface area contributed by atoms with Crippen molar-refractivity contribution >= 4 is 23.9 Å². The van der Waals surface area contributed by atoms with Gasteiger partial charge in [0.15, 0.2) is 0 Å². The van der Waals surface area contributed by atoms with Gasteiger partial charge in [-0.25, -0.2) is 4.79 Å². The maximum atomic E-state index is 12.6. The molecule has 1 saturated carbocycles. The topological polar surface area (TPSA) is 105 Å². The number of hydrogen-bond acceptors (Lipinski definition) is 8. The van der Waals surface area contributed by atoms with Crippen LogP contribution in [0.15, 0.2) is 12.2 Å². The summed E-state index contributed by atoms with van der Waals surface area (Å²) in [4.78, 5) is 50.3. The van der Waals surface area contributed by atoms with Gasteiger partial charge in [-0.1, -0.05) is 13.0 Å². The fourth-order valence-corrected chi connectivity index (χ4v) is 3.04. The molecule has 0 N–H and O–H groups in total. The molecular formula is C20H30O8. The highest BCUT2D eigenvalue weighted by Crippen LogP contribution is 2.33. The van der Waals surface area contributed by atoms with Crippen molar-refractivity contribution in [1.82, 2.24) is 0 Å². The summed E-state index contributed by atoms with van der Waals surface area (Å²) in [5, 5.41) is 0. The van der Waals surface area contributed by atoms with E-state index < -0.39 is 35.7 Å². The summed E-state index contributed by atoms with van der Waals surface area (Å²) >= 11 is 0. The highest BCUT2D eigenvalue weighted by atomic mass is 16.6. The van der Waals surface area contributed by atoms with Crippen LogP contribution in [0, 0.1) is 5.41 Å². The van der Waals surface area contributed by atoms with Crippen molar-refractivity contribution in [2.24, 2.45) is 5.41 Å². The lowest BCUT2D eigenvalue weighted by Gasteiger charge is -2.28. The highest BCUT2D eigenvalue weighted by Gasteiger charge is 2.58. The number of hydrogen-bond donors (Lipinski definition) is 0. The first-order valence-corrected chi connectivity index (χ1v) is 9.73. The van der Waals surface area contributed by atoms with Crippen molar-refractivity contribution in [3.8, 4) is 0 Å². The molecule has 0 saturated heterocycles. The molecule has 8 nitrogen and oxygen atoms in total. The van der Waals surface area contributed by atoms with Gasteiger partial charge in [-0.05, 0) is 46.5 Å². The SMILES string of the molecule is C=C(CC(C(=O)OCC)(C(=O)OCC)C(=O)OCC)C(=O)OC1CCCCC1. The Bertz CT molecular complexity index is 543. The van der Waals surface area contributed by atoms with Crippen molar-refractivity contribution in [1.29, 1.82) is 0 Å². The van der Waals surface area contributed by atoms with Crippen LogP contribution in [0.1, 0.15) is 59.3 Å². The summed E-state index contributed by atoms with van der Waals surface area (Å²) in [6.07, 6.45) is 3.64. The third-order valence-electron chi connectivity index (χ3n) is 4.46. The molecule has 1 fully saturated rings. The van der Waals surface area contributed by atoms with Gasteiger partial charge in [0.25, 0.3) is 5.41 Å². The quantitative estimate of drug-likeness (QED) is 0.239. The Morgan fingerprint density at radius 1 is 0.821 bits per heavy atom. The van der Waals surface area contributed by atoms with E-state index in [0.717, 1.165) is 32.1 Å². The molecule has 28 heavy (non-hydrogen) atoms. The van der Waals surface area contributed by atoms with Crippen LogP contribution in [0.2, 0.25) is 0 Å². The Labute approximate surface area is 165 Å². The standard InChI is InChI=1S/C20H30O8/c1-5-25-17(22)20(18(23)26-6-2,19(24)27-7-3)13-14(4)16(21)28-15-11-9-8-10-12-15/h15H,4-13H2,1-3H3. The molecule has 1 rings (SSSR count). The first-order chi connectivity index (χ1) is 13.3. The van der Waals surface area contributed by atoms with Gasteiger partial charge in [-0.3, -0.25) is 14.4 Å². The van der Waals surface area contributed by atoms with Crippen molar-refractivity contribution in [2.45, 2.75) is 65.4 Å². The molecule has 0 atom stereocenters. The van der Waals surface area contributed by atoms with E-state index in [9.17, 15) is 19.2 Å². The first-order valence-electron chi connectivity index (χ1n) is 9.73. The fraction of sp³-hybridized carbons (Fsp3) is 0.700. The maximum Gasteiger partial charge on any atom is 0.335 e. The summed E-state index contributed by atoms with van der Waals surface area (Å²) in [7, 11) is 0. The van der Waals surface area contributed by atoms with E-state index in [4.69, 9.17) is 18.9 Å². The monoisotopic (exact) mass is 398 g/mol. The average molecular weight is 398 g/mol. The van der Waals surface area contributed by atoms with Crippen molar-refractivity contribution in [3.63, 3.8) is 0 Å². The molecule has 158 valence electrons. The van der Waals surface area contributed by atoms with Gasteiger partial charge in [0.05, 0.1) is 19.8 Å². The Kier molecular flexibility index (Phi) is 9.68. The van der Waals surface area contributed by atoms with Crippen LogP contribution in [0.3, 0.4) is 0 Å². The van der Waals surface area contributed by atoms with E-state index in [1.165, 1.54) is 20.8 Å². The molecule has 0 aliphatic heterocycles. The molecule has 0 radical (unpaired) electrons. The summed E-state index contributed by atoms with van der Waals surface area (Å²) in [6, 6.07) is 0. The molecule has 0 aromatic rings. The van der Waals surface area contributed by atoms with Gasteiger partial charge >= 0.3 is 23.9 Å². The number of carbonyl (C=O) groups excluding carboxylic acids is 4.